The molecular weight excluding hydrogens is 323 g/mol. The summed E-state index contributed by atoms with van der Waals surface area (Å²) in [7, 11) is 3.03. The van der Waals surface area contributed by atoms with Crippen LogP contribution in [0.15, 0.2) is 0 Å². The number of methoxy groups -OCH3 is 2. The van der Waals surface area contributed by atoms with Crippen molar-refractivity contribution in [2.45, 2.75) is 20.0 Å². The zero-order valence-electron chi connectivity index (χ0n) is 9.67. The van der Waals surface area contributed by atoms with Gasteiger partial charge in [-0.2, -0.15) is 0 Å². The van der Waals surface area contributed by atoms with Crippen LogP contribution in [0.3, 0.4) is 0 Å². The fourth-order valence-corrected chi connectivity index (χ4v) is 2.61. The Balaban J connectivity index is 3.63. The van der Waals surface area contributed by atoms with E-state index in [4.69, 9.17) is 9.47 Å². The number of halogens is 1. The van der Waals surface area contributed by atoms with Gasteiger partial charge in [-0.25, -0.2) is 0 Å². The van der Waals surface area contributed by atoms with E-state index in [1.807, 2.05) is 29.5 Å². The van der Waals surface area contributed by atoms with Crippen molar-refractivity contribution in [2.24, 2.45) is 0 Å². The monoisotopic (exact) mass is 338 g/mol. The van der Waals surface area contributed by atoms with Gasteiger partial charge in [0.2, 0.25) is 0 Å². The van der Waals surface area contributed by atoms with Gasteiger partial charge < -0.3 is 19.7 Å². The number of phenols is 1. The second kappa shape index (κ2) is 5.09. The van der Waals surface area contributed by atoms with E-state index in [1.54, 1.807) is 6.92 Å². The lowest BCUT2D eigenvalue weighted by molar-refractivity contribution is 0.189. The zero-order chi connectivity index (χ0) is 12.5. The first kappa shape index (κ1) is 13.4. The first-order valence-corrected chi connectivity index (χ1v) is 5.84. The lowest BCUT2D eigenvalue weighted by Crippen LogP contribution is -2.03. The van der Waals surface area contributed by atoms with Gasteiger partial charge in [-0.15, -0.1) is 0 Å². The van der Waals surface area contributed by atoms with Crippen molar-refractivity contribution in [3.05, 3.63) is 14.7 Å². The lowest BCUT2D eigenvalue weighted by Gasteiger charge is -2.19. The van der Waals surface area contributed by atoms with Gasteiger partial charge in [0, 0.05) is 5.56 Å². The first-order chi connectivity index (χ1) is 7.45. The maximum absolute atomic E-state index is 9.99. The maximum Gasteiger partial charge on any atom is 0.142 e. The molecule has 0 fully saturated rings. The molecule has 1 rings (SSSR count). The van der Waals surface area contributed by atoms with Gasteiger partial charge in [-0.3, -0.25) is 0 Å². The van der Waals surface area contributed by atoms with Crippen LogP contribution in [-0.2, 0) is 0 Å². The SMILES string of the molecule is COc1c(C)c(OC)c(C(C)O)c(O)c1I. The van der Waals surface area contributed by atoms with Gasteiger partial charge in [-0.05, 0) is 36.4 Å². The molecule has 16 heavy (non-hydrogen) atoms. The normalized spacial score (nSPS) is 12.4. The summed E-state index contributed by atoms with van der Waals surface area (Å²) >= 11 is 1.98. The van der Waals surface area contributed by atoms with E-state index in [9.17, 15) is 10.2 Å². The number of aliphatic hydroxyl groups excluding tert-OH is 1. The van der Waals surface area contributed by atoms with Crippen LogP contribution in [0.5, 0.6) is 17.2 Å². The molecule has 0 saturated heterocycles. The number of rotatable bonds is 3. The molecule has 0 spiro atoms. The summed E-state index contributed by atoms with van der Waals surface area (Å²) in [6, 6.07) is 0. The minimum absolute atomic E-state index is 0.00917. The second-order valence-corrected chi connectivity index (χ2v) is 4.52. The van der Waals surface area contributed by atoms with Crippen LogP contribution in [0.4, 0.5) is 0 Å². The van der Waals surface area contributed by atoms with Crippen LogP contribution in [0.1, 0.15) is 24.2 Å². The number of phenolic OH excluding ortho intramolecular Hbond substituents is 1. The Morgan fingerprint density at radius 2 is 1.69 bits per heavy atom. The summed E-state index contributed by atoms with van der Waals surface area (Å²) in [5, 5.41) is 19.6. The van der Waals surface area contributed by atoms with E-state index in [2.05, 4.69) is 0 Å². The van der Waals surface area contributed by atoms with Crippen molar-refractivity contribution in [3.63, 3.8) is 0 Å². The molecule has 0 aliphatic heterocycles. The third-order valence-corrected chi connectivity index (χ3v) is 3.42. The standard InChI is InChI=1S/C11H15IO4/c1-5-10(15-3)7(6(2)13)9(14)8(12)11(5)16-4/h6,13-14H,1-4H3. The van der Waals surface area contributed by atoms with E-state index >= 15 is 0 Å². The Morgan fingerprint density at radius 1 is 1.19 bits per heavy atom. The molecule has 0 aliphatic rings. The molecule has 0 aliphatic carbocycles. The second-order valence-electron chi connectivity index (χ2n) is 3.44. The van der Waals surface area contributed by atoms with Crippen molar-refractivity contribution in [2.75, 3.05) is 14.2 Å². The van der Waals surface area contributed by atoms with E-state index in [0.717, 1.165) is 5.56 Å². The first-order valence-electron chi connectivity index (χ1n) is 4.76. The van der Waals surface area contributed by atoms with Crippen molar-refractivity contribution in [1.29, 1.82) is 0 Å². The Hall–Kier alpha value is -0.690. The predicted octanol–water partition coefficient (Wildman–Crippen LogP) is 2.38. The molecule has 0 heterocycles. The third-order valence-electron chi connectivity index (χ3n) is 2.41. The Labute approximate surface area is 108 Å². The Kier molecular flexibility index (Phi) is 4.26. The number of ether oxygens (including phenoxy) is 2. The average Bonchev–Trinajstić information content (AvgIpc) is 2.23. The fraction of sp³-hybridized carbons (Fsp3) is 0.455. The van der Waals surface area contributed by atoms with E-state index in [0.29, 0.717) is 20.6 Å². The number of hydrogen-bond acceptors (Lipinski definition) is 4. The molecule has 1 aromatic carbocycles. The van der Waals surface area contributed by atoms with Crippen LogP contribution in [-0.4, -0.2) is 24.4 Å². The van der Waals surface area contributed by atoms with Crippen molar-refractivity contribution < 1.29 is 19.7 Å². The molecule has 0 saturated carbocycles. The smallest absolute Gasteiger partial charge is 0.142 e. The highest BCUT2D eigenvalue weighted by molar-refractivity contribution is 14.1. The van der Waals surface area contributed by atoms with E-state index < -0.39 is 6.10 Å². The molecule has 1 aromatic rings. The van der Waals surface area contributed by atoms with Crippen LogP contribution < -0.4 is 9.47 Å². The molecule has 0 amide bonds. The average molecular weight is 338 g/mol. The zero-order valence-corrected chi connectivity index (χ0v) is 11.8. The molecule has 5 heteroatoms. The molecule has 2 N–H and O–H groups in total. The van der Waals surface area contributed by atoms with Gasteiger partial charge in [0.05, 0.1) is 29.5 Å². The molecule has 0 radical (unpaired) electrons. The number of hydrogen-bond donors (Lipinski definition) is 2. The third kappa shape index (κ3) is 2.06. The summed E-state index contributed by atoms with van der Waals surface area (Å²) < 4.78 is 11.0. The fourth-order valence-electron chi connectivity index (χ4n) is 1.70. The van der Waals surface area contributed by atoms with Gasteiger partial charge >= 0.3 is 0 Å². The van der Waals surface area contributed by atoms with Crippen molar-refractivity contribution >= 4 is 22.6 Å². The molecule has 4 nitrogen and oxygen atoms in total. The largest absolute Gasteiger partial charge is 0.506 e. The van der Waals surface area contributed by atoms with Crippen LogP contribution >= 0.6 is 22.6 Å². The maximum atomic E-state index is 9.99. The summed E-state index contributed by atoms with van der Waals surface area (Å²) in [4.78, 5) is 0. The molecule has 0 aromatic heterocycles. The van der Waals surface area contributed by atoms with E-state index in [1.165, 1.54) is 14.2 Å². The summed E-state index contributed by atoms with van der Waals surface area (Å²) in [6.07, 6.45) is -0.798. The van der Waals surface area contributed by atoms with Crippen LogP contribution in [0, 0.1) is 10.5 Å². The summed E-state index contributed by atoms with van der Waals surface area (Å²) in [6.45, 7) is 3.41. The molecular formula is C11H15IO4. The topological polar surface area (TPSA) is 58.9 Å². The number of aliphatic hydroxyl groups is 1. The Morgan fingerprint density at radius 3 is 2.06 bits per heavy atom. The summed E-state index contributed by atoms with van der Waals surface area (Å²) in [5.41, 5.74) is 1.16. The lowest BCUT2D eigenvalue weighted by atomic mass is 10.0. The van der Waals surface area contributed by atoms with Crippen molar-refractivity contribution in [3.8, 4) is 17.2 Å². The molecule has 90 valence electrons. The minimum atomic E-state index is -0.798. The highest BCUT2D eigenvalue weighted by atomic mass is 127. The molecule has 1 unspecified atom stereocenters. The highest BCUT2D eigenvalue weighted by Gasteiger charge is 2.24. The quantitative estimate of drug-likeness (QED) is 0.831. The van der Waals surface area contributed by atoms with E-state index in [-0.39, 0.29) is 5.75 Å². The number of benzene rings is 1. The van der Waals surface area contributed by atoms with Crippen molar-refractivity contribution in [1.82, 2.24) is 0 Å². The van der Waals surface area contributed by atoms with Gasteiger partial charge in [0.25, 0.3) is 0 Å². The van der Waals surface area contributed by atoms with Crippen LogP contribution in [0.25, 0.3) is 0 Å². The highest BCUT2D eigenvalue weighted by Crippen LogP contribution is 2.45. The van der Waals surface area contributed by atoms with Gasteiger partial charge in [-0.1, -0.05) is 0 Å². The van der Waals surface area contributed by atoms with Gasteiger partial charge in [0.15, 0.2) is 0 Å². The van der Waals surface area contributed by atoms with Gasteiger partial charge in [0.1, 0.15) is 17.2 Å². The Bertz CT molecular complexity index is 402. The minimum Gasteiger partial charge on any atom is -0.506 e. The summed E-state index contributed by atoms with van der Waals surface area (Å²) in [5.74, 6) is 1.04. The van der Waals surface area contributed by atoms with Crippen LogP contribution in [0.2, 0.25) is 0 Å². The number of aromatic hydroxyl groups is 1. The molecule has 0 bridgehead atoms. The molecule has 1 atom stereocenters. The predicted molar refractivity (Wildman–Crippen MR) is 69.3 cm³/mol.